The van der Waals surface area contributed by atoms with Gasteiger partial charge in [0, 0.05) is 31.3 Å². The van der Waals surface area contributed by atoms with Crippen LogP contribution < -0.4 is 0 Å². The van der Waals surface area contributed by atoms with Crippen molar-refractivity contribution in [1.82, 2.24) is 4.90 Å². The minimum atomic E-state index is 0.283. The highest BCUT2D eigenvalue weighted by Gasteiger charge is 2.20. The van der Waals surface area contributed by atoms with Crippen LogP contribution >= 0.6 is 0 Å². The Morgan fingerprint density at radius 2 is 2.00 bits per heavy atom. The smallest absolute Gasteiger partial charge is 0.222 e. The van der Waals surface area contributed by atoms with Crippen LogP contribution in [0.4, 0.5) is 0 Å². The summed E-state index contributed by atoms with van der Waals surface area (Å²) in [6, 6.07) is 0. The SMILES string of the molecule is CCC(=O)N1CCC(C#CC(C)C)CC1. The summed E-state index contributed by atoms with van der Waals surface area (Å²) in [5, 5.41) is 0. The summed E-state index contributed by atoms with van der Waals surface area (Å²) in [5.74, 6) is 7.78. The molecule has 0 aromatic carbocycles. The molecule has 15 heavy (non-hydrogen) atoms. The van der Waals surface area contributed by atoms with Crippen LogP contribution in [0.1, 0.15) is 40.0 Å². The Balaban J connectivity index is 2.37. The molecule has 0 atom stereocenters. The van der Waals surface area contributed by atoms with Gasteiger partial charge in [-0.1, -0.05) is 26.7 Å². The number of carbonyl (C=O) groups is 1. The van der Waals surface area contributed by atoms with Crippen molar-refractivity contribution in [2.24, 2.45) is 11.8 Å². The van der Waals surface area contributed by atoms with E-state index < -0.39 is 0 Å². The Hall–Kier alpha value is -0.970. The van der Waals surface area contributed by atoms with Gasteiger partial charge in [-0.3, -0.25) is 4.79 Å². The molecular weight excluding hydrogens is 186 g/mol. The van der Waals surface area contributed by atoms with E-state index in [2.05, 4.69) is 25.7 Å². The molecule has 2 nitrogen and oxygen atoms in total. The van der Waals surface area contributed by atoms with Crippen molar-refractivity contribution in [3.05, 3.63) is 0 Å². The van der Waals surface area contributed by atoms with Gasteiger partial charge < -0.3 is 4.90 Å². The quantitative estimate of drug-likeness (QED) is 0.604. The zero-order valence-corrected chi connectivity index (χ0v) is 10.0. The molecule has 84 valence electrons. The van der Waals surface area contributed by atoms with Gasteiger partial charge in [-0.25, -0.2) is 0 Å². The first-order valence-electron chi connectivity index (χ1n) is 5.92. The summed E-state index contributed by atoms with van der Waals surface area (Å²) in [6.07, 6.45) is 2.72. The van der Waals surface area contributed by atoms with Crippen molar-refractivity contribution in [3.8, 4) is 11.8 Å². The summed E-state index contributed by atoms with van der Waals surface area (Å²) in [4.78, 5) is 13.4. The third-order valence-corrected chi connectivity index (χ3v) is 2.73. The molecule has 0 aliphatic carbocycles. The van der Waals surface area contributed by atoms with Crippen LogP contribution in [0, 0.1) is 23.7 Å². The lowest BCUT2D eigenvalue weighted by Gasteiger charge is -2.29. The van der Waals surface area contributed by atoms with E-state index in [1.165, 1.54) is 0 Å². The van der Waals surface area contributed by atoms with Gasteiger partial charge in [0.05, 0.1) is 0 Å². The molecular formula is C13H21NO. The highest BCUT2D eigenvalue weighted by Crippen LogP contribution is 2.16. The van der Waals surface area contributed by atoms with Crippen molar-refractivity contribution < 1.29 is 4.79 Å². The molecule has 1 saturated heterocycles. The molecule has 0 unspecified atom stereocenters. The predicted molar refractivity (Wildman–Crippen MR) is 62.2 cm³/mol. The number of rotatable bonds is 1. The van der Waals surface area contributed by atoms with Crippen LogP contribution in [0.15, 0.2) is 0 Å². The number of likely N-dealkylation sites (tertiary alicyclic amines) is 1. The summed E-state index contributed by atoms with van der Waals surface area (Å²) < 4.78 is 0. The van der Waals surface area contributed by atoms with Crippen molar-refractivity contribution in [2.45, 2.75) is 40.0 Å². The van der Waals surface area contributed by atoms with E-state index in [0.717, 1.165) is 25.9 Å². The standard InChI is InChI=1S/C13H21NO/c1-4-13(15)14-9-7-12(8-10-14)6-5-11(2)3/h11-12H,4,7-10H2,1-3H3. The lowest BCUT2D eigenvalue weighted by atomic mass is 9.96. The maximum absolute atomic E-state index is 11.4. The third kappa shape index (κ3) is 3.95. The molecule has 0 saturated carbocycles. The maximum atomic E-state index is 11.4. The molecule has 1 aliphatic rings. The number of piperidine rings is 1. The number of hydrogen-bond acceptors (Lipinski definition) is 1. The molecule has 1 aliphatic heterocycles. The summed E-state index contributed by atoms with van der Waals surface area (Å²) in [7, 11) is 0. The molecule has 2 heteroatoms. The van der Waals surface area contributed by atoms with Crippen LogP contribution in [0.25, 0.3) is 0 Å². The van der Waals surface area contributed by atoms with E-state index in [1.807, 2.05) is 11.8 Å². The number of hydrogen-bond donors (Lipinski definition) is 0. The number of amides is 1. The zero-order valence-electron chi connectivity index (χ0n) is 10.0. The second-order valence-corrected chi connectivity index (χ2v) is 4.45. The average Bonchev–Trinajstić information content (AvgIpc) is 2.26. The average molecular weight is 207 g/mol. The van der Waals surface area contributed by atoms with E-state index in [1.54, 1.807) is 0 Å². The van der Waals surface area contributed by atoms with Crippen molar-refractivity contribution in [2.75, 3.05) is 13.1 Å². The largest absolute Gasteiger partial charge is 0.343 e. The summed E-state index contributed by atoms with van der Waals surface area (Å²) >= 11 is 0. The highest BCUT2D eigenvalue weighted by atomic mass is 16.2. The Morgan fingerprint density at radius 3 is 2.47 bits per heavy atom. The Kier molecular flexibility index (Phi) is 4.68. The van der Waals surface area contributed by atoms with Gasteiger partial charge in [-0.2, -0.15) is 0 Å². The maximum Gasteiger partial charge on any atom is 0.222 e. The van der Waals surface area contributed by atoms with E-state index in [-0.39, 0.29) is 5.91 Å². The fraction of sp³-hybridized carbons (Fsp3) is 0.769. The minimum Gasteiger partial charge on any atom is -0.343 e. The number of nitrogens with zero attached hydrogens (tertiary/aromatic N) is 1. The molecule has 0 bridgehead atoms. The second-order valence-electron chi connectivity index (χ2n) is 4.45. The Morgan fingerprint density at radius 1 is 1.40 bits per heavy atom. The monoisotopic (exact) mass is 207 g/mol. The van der Waals surface area contributed by atoms with Gasteiger partial charge in [0.2, 0.25) is 5.91 Å². The Labute approximate surface area is 93.0 Å². The molecule has 1 rings (SSSR count). The fourth-order valence-electron chi connectivity index (χ4n) is 1.78. The van der Waals surface area contributed by atoms with Gasteiger partial charge in [0.1, 0.15) is 0 Å². The van der Waals surface area contributed by atoms with Gasteiger partial charge >= 0.3 is 0 Å². The van der Waals surface area contributed by atoms with Crippen molar-refractivity contribution in [3.63, 3.8) is 0 Å². The van der Waals surface area contributed by atoms with E-state index >= 15 is 0 Å². The minimum absolute atomic E-state index is 0.283. The first kappa shape index (κ1) is 12.1. The molecule has 1 fully saturated rings. The third-order valence-electron chi connectivity index (χ3n) is 2.73. The lowest BCUT2D eigenvalue weighted by Crippen LogP contribution is -2.37. The lowest BCUT2D eigenvalue weighted by molar-refractivity contribution is -0.131. The first-order chi connectivity index (χ1) is 7.13. The van der Waals surface area contributed by atoms with Crippen molar-refractivity contribution in [1.29, 1.82) is 0 Å². The summed E-state index contributed by atoms with van der Waals surface area (Å²) in [5.41, 5.74) is 0. The molecule has 0 spiro atoms. The van der Waals surface area contributed by atoms with E-state index in [9.17, 15) is 4.79 Å². The molecule has 0 aromatic heterocycles. The van der Waals surface area contributed by atoms with Crippen molar-refractivity contribution >= 4 is 5.91 Å². The van der Waals surface area contributed by atoms with Crippen LogP contribution in [0.2, 0.25) is 0 Å². The molecule has 0 radical (unpaired) electrons. The molecule has 1 amide bonds. The van der Waals surface area contributed by atoms with Crippen LogP contribution in [0.5, 0.6) is 0 Å². The van der Waals surface area contributed by atoms with E-state index in [0.29, 0.717) is 18.3 Å². The van der Waals surface area contributed by atoms with E-state index in [4.69, 9.17) is 0 Å². The van der Waals surface area contributed by atoms with Crippen LogP contribution in [-0.2, 0) is 4.79 Å². The molecule has 0 aromatic rings. The van der Waals surface area contributed by atoms with Crippen LogP contribution in [0.3, 0.4) is 0 Å². The zero-order chi connectivity index (χ0) is 11.3. The van der Waals surface area contributed by atoms with Gasteiger partial charge in [0.15, 0.2) is 0 Å². The molecule has 0 N–H and O–H groups in total. The van der Waals surface area contributed by atoms with Crippen LogP contribution in [-0.4, -0.2) is 23.9 Å². The van der Waals surface area contributed by atoms with Gasteiger partial charge in [-0.15, -0.1) is 5.92 Å². The van der Waals surface area contributed by atoms with Gasteiger partial charge in [0.25, 0.3) is 0 Å². The summed E-state index contributed by atoms with van der Waals surface area (Å²) in [6.45, 7) is 7.94. The predicted octanol–water partition coefficient (Wildman–Crippen LogP) is 2.29. The Bertz CT molecular complexity index is 264. The fourth-order valence-corrected chi connectivity index (χ4v) is 1.78. The van der Waals surface area contributed by atoms with Gasteiger partial charge in [-0.05, 0) is 12.8 Å². The number of carbonyl (C=O) groups excluding carboxylic acids is 1. The normalized spacial score (nSPS) is 17.5. The topological polar surface area (TPSA) is 20.3 Å². The highest BCUT2D eigenvalue weighted by molar-refractivity contribution is 5.75. The molecule has 1 heterocycles. The second kappa shape index (κ2) is 5.80. The first-order valence-corrected chi connectivity index (χ1v) is 5.92.